The van der Waals surface area contributed by atoms with Gasteiger partial charge in [0, 0.05) is 13.1 Å². The number of aryl methyl sites for hydroxylation is 1. The fourth-order valence-corrected chi connectivity index (χ4v) is 3.05. The van der Waals surface area contributed by atoms with Crippen LogP contribution >= 0.6 is 11.5 Å². The number of nitrogens with one attached hydrogen (secondary N) is 1. The Morgan fingerprint density at radius 2 is 2.19 bits per heavy atom. The molecular formula is C14H17N5OS. The molecule has 1 aliphatic heterocycles. The summed E-state index contributed by atoms with van der Waals surface area (Å²) < 4.78 is 3.83. The van der Waals surface area contributed by atoms with E-state index in [0.29, 0.717) is 17.1 Å². The van der Waals surface area contributed by atoms with Gasteiger partial charge in [0.25, 0.3) is 5.91 Å². The lowest BCUT2D eigenvalue weighted by Crippen LogP contribution is -2.18. The summed E-state index contributed by atoms with van der Waals surface area (Å²) in [5.41, 5.74) is 1.84. The van der Waals surface area contributed by atoms with E-state index in [9.17, 15) is 4.79 Å². The van der Waals surface area contributed by atoms with Crippen LogP contribution in [0.1, 0.15) is 35.1 Å². The minimum atomic E-state index is -0.191. The molecule has 1 amide bonds. The van der Waals surface area contributed by atoms with Crippen LogP contribution in [0.5, 0.6) is 0 Å². The Bertz CT molecular complexity index is 619. The molecule has 2 aromatic heterocycles. The Kier molecular flexibility index (Phi) is 4.10. The molecule has 7 heteroatoms. The third-order valence-electron chi connectivity index (χ3n) is 3.56. The second-order valence-electron chi connectivity index (χ2n) is 4.95. The summed E-state index contributed by atoms with van der Waals surface area (Å²) in [4.78, 5) is 19.3. The first kappa shape index (κ1) is 13.9. The van der Waals surface area contributed by atoms with Gasteiger partial charge in [0.1, 0.15) is 10.7 Å². The van der Waals surface area contributed by atoms with Crippen LogP contribution in [0.4, 0.5) is 11.5 Å². The molecule has 0 spiro atoms. The maximum Gasteiger partial charge on any atom is 0.270 e. The summed E-state index contributed by atoms with van der Waals surface area (Å²) >= 11 is 1.12. The van der Waals surface area contributed by atoms with E-state index in [-0.39, 0.29) is 5.91 Å². The van der Waals surface area contributed by atoms with Gasteiger partial charge in [0.15, 0.2) is 0 Å². The maximum absolute atomic E-state index is 12.2. The van der Waals surface area contributed by atoms with E-state index in [1.54, 1.807) is 0 Å². The van der Waals surface area contributed by atoms with Crippen molar-refractivity contribution in [2.24, 2.45) is 0 Å². The third kappa shape index (κ3) is 3.02. The Balaban J connectivity index is 1.68. The number of hydrogen-bond acceptors (Lipinski definition) is 6. The first-order valence-corrected chi connectivity index (χ1v) is 7.89. The average Bonchev–Trinajstić information content (AvgIpc) is 3.19. The highest BCUT2D eigenvalue weighted by molar-refractivity contribution is 7.08. The van der Waals surface area contributed by atoms with E-state index in [1.165, 1.54) is 12.8 Å². The van der Waals surface area contributed by atoms with Crippen LogP contribution in [-0.4, -0.2) is 33.6 Å². The first-order chi connectivity index (χ1) is 10.3. The molecule has 1 N–H and O–H groups in total. The fourth-order valence-electron chi connectivity index (χ4n) is 2.41. The number of hydrogen-bond donors (Lipinski definition) is 1. The highest BCUT2D eigenvalue weighted by Gasteiger charge is 2.16. The zero-order valence-electron chi connectivity index (χ0n) is 11.9. The number of aromatic nitrogens is 3. The Morgan fingerprint density at radius 1 is 1.38 bits per heavy atom. The summed E-state index contributed by atoms with van der Waals surface area (Å²) in [6.45, 7) is 4.12. The molecule has 21 heavy (non-hydrogen) atoms. The predicted octanol–water partition coefficient (Wildman–Crippen LogP) is 2.35. The molecule has 0 bridgehead atoms. The van der Waals surface area contributed by atoms with Crippen LogP contribution in [0.2, 0.25) is 0 Å². The first-order valence-electron chi connectivity index (χ1n) is 7.11. The van der Waals surface area contributed by atoms with Crippen LogP contribution < -0.4 is 10.2 Å². The number of amides is 1. The van der Waals surface area contributed by atoms with Gasteiger partial charge >= 0.3 is 0 Å². The third-order valence-corrected chi connectivity index (χ3v) is 4.32. The van der Waals surface area contributed by atoms with Crippen LogP contribution in [0, 0.1) is 0 Å². The van der Waals surface area contributed by atoms with Crippen molar-refractivity contribution in [3.05, 3.63) is 28.9 Å². The number of pyridine rings is 1. The molecule has 0 aliphatic carbocycles. The summed E-state index contributed by atoms with van der Waals surface area (Å²) in [6.07, 6.45) is 4.97. The fraction of sp³-hybridized carbons (Fsp3) is 0.429. The van der Waals surface area contributed by atoms with Crippen molar-refractivity contribution in [3.63, 3.8) is 0 Å². The molecular weight excluding hydrogens is 286 g/mol. The molecule has 1 saturated heterocycles. The second kappa shape index (κ2) is 6.17. The van der Waals surface area contributed by atoms with E-state index in [4.69, 9.17) is 0 Å². The molecule has 3 rings (SSSR count). The van der Waals surface area contributed by atoms with Gasteiger partial charge in [-0.3, -0.25) is 4.79 Å². The summed E-state index contributed by atoms with van der Waals surface area (Å²) in [7, 11) is 0. The molecule has 0 aromatic carbocycles. The number of carbonyl (C=O) groups is 1. The van der Waals surface area contributed by atoms with Crippen molar-refractivity contribution in [3.8, 4) is 0 Å². The quantitative estimate of drug-likeness (QED) is 0.938. The van der Waals surface area contributed by atoms with Gasteiger partial charge < -0.3 is 10.2 Å². The SMILES string of the molecule is CCc1nnsc1C(=O)Nc1ccc(N2CCCC2)cn1. The van der Waals surface area contributed by atoms with Gasteiger partial charge in [0.2, 0.25) is 0 Å². The van der Waals surface area contributed by atoms with Crippen molar-refractivity contribution in [2.45, 2.75) is 26.2 Å². The average molecular weight is 303 g/mol. The van der Waals surface area contributed by atoms with Crippen LogP contribution in [0.15, 0.2) is 18.3 Å². The van der Waals surface area contributed by atoms with Crippen molar-refractivity contribution in [2.75, 3.05) is 23.3 Å². The van der Waals surface area contributed by atoms with Gasteiger partial charge in [-0.05, 0) is 42.9 Å². The summed E-state index contributed by atoms with van der Waals surface area (Å²) in [5, 5.41) is 6.74. The molecule has 0 radical (unpaired) electrons. The minimum absolute atomic E-state index is 0.191. The zero-order chi connectivity index (χ0) is 14.7. The zero-order valence-corrected chi connectivity index (χ0v) is 12.7. The van der Waals surface area contributed by atoms with Gasteiger partial charge in [-0.15, -0.1) is 5.10 Å². The van der Waals surface area contributed by atoms with Gasteiger partial charge in [0.05, 0.1) is 17.6 Å². The predicted molar refractivity (Wildman–Crippen MR) is 82.9 cm³/mol. The maximum atomic E-state index is 12.2. The smallest absolute Gasteiger partial charge is 0.270 e. The molecule has 1 fully saturated rings. The molecule has 0 unspecified atom stereocenters. The summed E-state index contributed by atoms with van der Waals surface area (Å²) in [6, 6.07) is 3.84. The van der Waals surface area contributed by atoms with Crippen molar-refractivity contribution in [1.29, 1.82) is 0 Å². The lowest BCUT2D eigenvalue weighted by atomic mass is 10.3. The Hall–Kier alpha value is -2.02. The topological polar surface area (TPSA) is 71.0 Å². The van der Waals surface area contributed by atoms with E-state index in [1.807, 2.05) is 25.3 Å². The van der Waals surface area contributed by atoms with E-state index in [2.05, 4.69) is 24.8 Å². The van der Waals surface area contributed by atoms with Crippen LogP contribution in [0.25, 0.3) is 0 Å². The molecule has 3 heterocycles. The van der Waals surface area contributed by atoms with Crippen LogP contribution in [0.3, 0.4) is 0 Å². The lowest BCUT2D eigenvalue weighted by Gasteiger charge is -2.17. The minimum Gasteiger partial charge on any atom is -0.370 e. The van der Waals surface area contributed by atoms with Crippen molar-refractivity contribution in [1.82, 2.24) is 14.6 Å². The molecule has 1 aliphatic rings. The van der Waals surface area contributed by atoms with E-state index in [0.717, 1.165) is 36.0 Å². The van der Waals surface area contributed by atoms with Crippen molar-refractivity contribution >= 4 is 28.9 Å². The normalized spacial score (nSPS) is 14.4. The van der Waals surface area contributed by atoms with Gasteiger partial charge in [-0.2, -0.15) is 0 Å². The standard InChI is InChI=1S/C14H17N5OS/c1-2-11-13(21-18-17-11)14(20)16-12-6-5-10(9-15-12)19-7-3-4-8-19/h5-6,9H,2-4,7-8H2,1H3,(H,15,16,20). The number of rotatable bonds is 4. The van der Waals surface area contributed by atoms with E-state index >= 15 is 0 Å². The monoisotopic (exact) mass is 303 g/mol. The van der Waals surface area contributed by atoms with Crippen LogP contribution in [-0.2, 0) is 6.42 Å². The Morgan fingerprint density at radius 3 is 2.86 bits per heavy atom. The molecule has 6 nitrogen and oxygen atoms in total. The largest absolute Gasteiger partial charge is 0.370 e. The molecule has 0 saturated carbocycles. The molecule has 110 valence electrons. The highest BCUT2D eigenvalue weighted by atomic mass is 32.1. The number of anilines is 2. The van der Waals surface area contributed by atoms with Gasteiger partial charge in [-0.1, -0.05) is 11.4 Å². The lowest BCUT2D eigenvalue weighted by molar-refractivity contribution is 0.102. The van der Waals surface area contributed by atoms with Crippen molar-refractivity contribution < 1.29 is 4.79 Å². The van der Waals surface area contributed by atoms with E-state index < -0.39 is 0 Å². The summed E-state index contributed by atoms with van der Waals surface area (Å²) in [5.74, 6) is 0.363. The molecule has 2 aromatic rings. The van der Waals surface area contributed by atoms with Gasteiger partial charge in [-0.25, -0.2) is 4.98 Å². The second-order valence-corrected chi connectivity index (χ2v) is 5.71. The number of carbonyl (C=O) groups excluding carboxylic acids is 1. The Labute approximate surface area is 127 Å². The highest BCUT2D eigenvalue weighted by Crippen LogP contribution is 2.20. The number of nitrogens with zero attached hydrogens (tertiary/aromatic N) is 4. The molecule has 0 atom stereocenters.